The molecule has 26 heavy (non-hydrogen) atoms. The van der Waals surface area contributed by atoms with Crippen molar-refractivity contribution in [3.63, 3.8) is 0 Å². The molecular weight excluding hydrogens is 334 g/mol. The van der Waals surface area contributed by atoms with Crippen molar-refractivity contribution in [3.05, 3.63) is 53.3 Å². The molecule has 0 atom stereocenters. The van der Waals surface area contributed by atoms with Gasteiger partial charge in [-0.1, -0.05) is 6.07 Å². The number of rotatable bonds is 5. The average Bonchev–Trinajstić information content (AvgIpc) is 3.24. The molecule has 0 saturated heterocycles. The van der Waals surface area contributed by atoms with E-state index in [0.717, 1.165) is 28.0 Å². The number of carbonyl (C=O) groups excluding carboxylic acids is 1. The van der Waals surface area contributed by atoms with Crippen molar-refractivity contribution in [3.8, 4) is 17.2 Å². The number of hydrogen-bond acceptors (Lipinski definition) is 5. The van der Waals surface area contributed by atoms with Crippen LogP contribution in [0.15, 0.2) is 40.8 Å². The van der Waals surface area contributed by atoms with Gasteiger partial charge in [0, 0.05) is 17.5 Å². The number of carbonyl (C=O) groups is 1. The first-order valence-electron chi connectivity index (χ1n) is 8.48. The molecule has 0 radical (unpaired) electrons. The molecule has 1 N–H and O–H groups in total. The lowest BCUT2D eigenvalue weighted by Crippen LogP contribution is -2.22. The summed E-state index contributed by atoms with van der Waals surface area (Å²) in [5.74, 6) is 2.23. The van der Waals surface area contributed by atoms with E-state index >= 15 is 0 Å². The number of aryl methyl sites for hydroxylation is 1. The second-order valence-corrected chi connectivity index (χ2v) is 6.02. The predicted octanol–water partition coefficient (Wildman–Crippen LogP) is 3.80. The van der Waals surface area contributed by atoms with E-state index in [1.807, 2.05) is 50.2 Å². The van der Waals surface area contributed by atoms with Crippen LogP contribution >= 0.6 is 0 Å². The molecule has 1 aliphatic heterocycles. The second-order valence-electron chi connectivity index (χ2n) is 6.02. The Hall–Kier alpha value is -3.15. The van der Waals surface area contributed by atoms with Crippen molar-refractivity contribution in [2.24, 2.45) is 0 Å². The molecule has 0 aliphatic carbocycles. The van der Waals surface area contributed by atoms with Crippen molar-refractivity contribution in [2.45, 2.75) is 20.4 Å². The highest BCUT2D eigenvalue weighted by Gasteiger charge is 2.19. The number of nitrogens with one attached hydrogen (secondary N) is 1. The lowest BCUT2D eigenvalue weighted by Gasteiger charge is -2.05. The van der Waals surface area contributed by atoms with E-state index in [1.54, 1.807) is 0 Å². The van der Waals surface area contributed by atoms with Gasteiger partial charge < -0.3 is 23.9 Å². The van der Waals surface area contributed by atoms with Gasteiger partial charge in [-0.25, -0.2) is 0 Å². The van der Waals surface area contributed by atoms with Crippen LogP contribution in [0.1, 0.15) is 28.6 Å². The molecule has 0 fully saturated rings. The molecule has 1 aromatic heterocycles. The van der Waals surface area contributed by atoms with E-state index in [4.69, 9.17) is 18.6 Å². The van der Waals surface area contributed by atoms with Crippen LogP contribution in [0.25, 0.3) is 11.0 Å². The van der Waals surface area contributed by atoms with Gasteiger partial charge >= 0.3 is 0 Å². The Kier molecular flexibility index (Phi) is 4.16. The SMILES string of the molecule is CCOc1ccc2oc(C(=O)NCc3ccc4c(c3)OCO4)c(C)c2c1. The van der Waals surface area contributed by atoms with Gasteiger partial charge in [0.05, 0.1) is 6.61 Å². The smallest absolute Gasteiger partial charge is 0.287 e. The maximum absolute atomic E-state index is 12.6. The first-order valence-corrected chi connectivity index (χ1v) is 8.48. The minimum atomic E-state index is -0.255. The van der Waals surface area contributed by atoms with Crippen LogP contribution in [0.3, 0.4) is 0 Å². The van der Waals surface area contributed by atoms with Crippen LogP contribution in [0.5, 0.6) is 17.2 Å². The molecule has 2 heterocycles. The molecule has 6 heteroatoms. The zero-order chi connectivity index (χ0) is 18.1. The Morgan fingerprint density at radius 3 is 2.85 bits per heavy atom. The van der Waals surface area contributed by atoms with Crippen molar-refractivity contribution in [2.75, 3.05) is 13.4 Å². The van der Waals surface area contributed by atoms with Crippen LogP contribution in [-0.4, -0.2) is 19.3 Å². The highest BCUT2D eigenvalue weighted by atomic mass is 16.7. The molecule has 134 valence electrons. The number of hydrogen-bond donors (Lipinski definition) is 1. The topological polar surface area (TPSA) is 69.9 Å². The molecule has 2 aromatic carbocycles. The van der Waals surface area contributed by atoms with E-state index in [2.05, 4.69) is 5.32 Å². The standard InChI is InChI=1S/C20H19NO5/c1-3-23-14-5-7-16-15(9-14)12(2)19(26-16)20(22)21-10-13-4-6-17-18(8-13)25-11-24-17/h4-9H,3,10-11H2,1-2H3,(H,21,22). The molecule has 0 saturated carbocycles. The maximum atomic E-state index is 12.6. The van der Waals surface area contributed by atoms with Gasteiger partial charge in [0.15, 0.2) is 17.3 Å². The minimum Gasteiger partial charge on any atom is -0.494 e. The molecule has 1 aliphatic rings. The van der Waals surface area contributed by atoms with Crippen LogP contribution < -0.4 is 19.5 Å². The third kappa shape index (κ3) is 2.94. The van der Waals surface area contributed by atoms with Gasteiger partial charge in [-0.15, -0.1) is 0 Å². The summed E-state index contributed by atoms with van der Waals surface area (Å²) in [6.45, 7) is 4.99. The Balaban J connectivity index is 1.51. The minimum absolute atomic E-state index is 0.229. The fraction of sp³-hybridized carbons (Fsp3) is 0.250. The summed E-state index contributed by atoms with van der Waals surface area (Å²) < 4.78 is 21.9. The number of fused-ring (bicyclic) bond motifs is 2. The average molecular weight is 353 g/mol. The molecule has 1 amide bonds. The number of amides is 1. The first-order chi connectivity index (χ1) is 12.7. The zero-order valence-electron chi connectivity index (χ0n) is 14.6. The van der Waals surface area contributed by atoms with Crippen LogP contribution in [-0.2, 0) is 6.54 Å². The lowest BCUT2D eigenvalue weighted by molar-refractivity contribution is 0.0924. The van der Waals surface area contributed by atoms with Crippen molar-refractivity contribution < 1.29 is 23.4 Å². The summed E-state index contributed by atoms with van der Waals surface area (Å²) in [6, 6.07) is 11.2. The summed E-state index contributed by atoms with van der Waals surface area (Å²) in [7, 11) is 0. The molecule has 6 nitrogen and oxygen atoms in total. The van der Waals surface area contributed by atoms with E-state index < -0.39 is 0 Å². The van der Waals surface area contributed by atoms with Gasteiger partial charge in [0.1, 0.15) is 11.3 Å². The summed E-state index contributed by atoms with van der Waals surface area (Å²) in [4.78, 5) is 12.6. The van der Waals surface area contributed by atoms with Crippen molar-refractivity contribution in [1.29, 1.82) is 0 Å². The Bertz CT molecular complexity index is 976. The highest BCUT2D eigenvalue weighted by molar-refractivity contribution is 5.99. The first kappa shape index (κ1) is 16.3. The number of ether oxygens (including phenoxy) is 3. The normalized spacial score (nSPS) is 12.4. The summed E-state index contributed by atoms with van der Waals surface area (Å²) in [5, 5.41) is 3.77. The van der Waals surface area contributed by atoms with E-state index in [-0.39, 0.29) is 12.7 Å². The molecule has 0 unspecified atom stereocenters. The van der Waals surface area contributed by atoms with Gasteiger partial charge in [0.2, 0.25) is 6.79 Å². The van der Waals surface area contributed by atoms with Gasteiger partial charge in [-0.2, -0.15) is 0 Å². The van der Waals surface area contributed by atoms with Gasteiger partial charge in [-0.05, 0) is 49.7 Å². The van der Waals surface area contributed by atoms with Crippen LogP contribution in [0.4, 0.5) is 0 Å². The van der Waals surface area contributed by atoms with E-state index in [9.17, 15) is 4.79 Å². The largest absolute Gasteiger partial charge is 0.494 e. The summed E-state index contributed by atoms with van der Waals surface area (Å²) in [6.07, 6.45) is 0. The molecule has 3 aromatic rings. The van der Waals surface area contributed by atoms with Crippen LogP contribution in [0.2, 0.25) is 0 Å². The summed E-state index contributed by atoms with van der Waals surface area (Å²) in [5.41, 5.74) is 2.39. The fourth-order valence-electron chi connectivity index (χ4n) is 2.99. The van der Waals surface area contributed by atoms with Gasteiger partial charge in [0.25, 0.3) is 5.91 Å². The van der Waals surface area contributed by atoms with E-state index in [1.165, 1.54) is 0 Å². The Labute approximate surface area is 150 Å². The molecule has 4 rings (SSSR count). The van der Waals surface area contributed by atoms with Crippen molar-refractivity contribution in [1.82, 2.24) is 5.32 Å². The third-order valence-corrected chi connectivity index (χ3v) is 4.31. The lowest BCUT2D eigenvalue weighted by atomic mass is 10.1. The zero-order valence-corrected chi connectivity index (χ0v) is 14.6. The number of furan rings is 1. The fourth-order valence-corrected chi connectivity index (χ4v) is 2.99. The predicted molar refractivity (Wildman–Crippen MR) is 95.9 cm³/mol. The quantitative estimate of drug-likeness (QED) is 0.755. The highest BCUT2D eigenvalue weighted by Crippen LogP contribution is 2.32. The molecular formula is C20H19NO5. The van der Waals surface area contributed by atoms with E-state index in [0.29, 0.717) is 30.2 Å². The molecule has 0 bridgehead atoms. The summed E-state index contributed by atoms with van der Waals surface area (Å²) >= 11 is 0. The maximum Gasteiger partial charge on any atom is 0.287 e. The van der Waals surface area contributed by atoms with Gasteiger partial charge in [-0.3, -0.25) is 4.79 Å². The van der Waals surface area contributed by atoms with Crippen LogP contribution in [0, 0.1) is 6.92 Å². The second kappa shape index (κ2) is 6.63. The third-order valence-electron chi connectivity index (χ3n) is 4.31. The Morgan fingerprint density at radius 2 is 2.00 bits per heavy atom. The molecule has 0 spiro atoms. The van der Waals surface area contributed by atoms with Crippen molar-refractivity contribution >= 4 is 16.9 Å². The Morgan fingerprint density at radius 1 is 1.15 bits per heavy atom. The monoisotopic (exact) mass is 353 g/mol. The number of benzene rings is 2.